The van der Waals surface area contributed by atoms with E-state index in [9.17, 15) is 17.6 Å². The number of hydrogen-bond donors (Lipinski definition) is 1. The Hall–Kier alpha value is -2.65. The quantitative estimate of drug-likeness (QED) is 0.740. The highest BCUT2D eigenvalue weighted by atomic mass is 32.2. The van der Waals surface area contributed by atoms with Crippen molar-refractivity contribution < 1.29 is 12.8 Å². The average Bonchev–Trinajstić information content (AvgIpc) is 2.57. The van der Waals surface area contributed by atoms with Gasteiger partial charge >= 0.3 is 0 Å². The second-order valence-electron chi connectivity index (χ2n) is 4.96. The van der Waals surface area contributed by atoms with Crippen LogP contribution in [0.5, 0.6) is 0 Å². The second kappa shape index (κ2) is 6.46. The first-order chi connectivity index (χ1) is 11.5. The van der Waals surface area contributed by atoms with Gasteiger partial charge in [0.15, 0.2) is 0 Å². The van der Waals surface area contributed by atoms with Crippen molar-refractivity contribution in [3.63, 3.8) is 0 Å². The molecule has 2 aromatic carbocycles. The van der Waals surface area contributed by atoms with E-state index in [-0.39, 0.29) is 18.6 Å². The smallest absolute Gasteiger partial charge is 0.267 e. The maximum atomic E-state index is 13.6. The van der Waals surface area contributed by atoms with Gasteiger partial charge in [-0.2, -0.15) is 0 Å². The summed E-state index contributed by atoms with van der Waals surface area (Å²) in [5.41, 5.74) is 0.0939. The number of sulfonamides is 1. The van der Waals surface area contributed by atoms with Gasteiger partial charge in [-0.1, -0.05) is 29.5 Å². The van der Waals surface area contributed by atoms with E-state index in [0.29, 0.717) is 10.9 Å². The molecule has 0 atom stereocenters. The lowest BCUT2D eigenvalue weighted by Gasteiger charge is -2.08. The molecule has 3 rings (SSSR count). The molecule has 1 N–H and O–H groups in total. The van der Waals surface area contributed by atoms with E-state index in [1.54, 1.807) is 24.3 Å². The van der Waals surface area contributed by atoms with Gasteiger partial charge in [-0.3, -0.25) is 4.79 Å². The highest BCUT2D eigenvalue weighted by Crippen LogP contribution is 2.12. The fraction of sp³-hybridized carbons (Fsp3) is 0.133. The van der Waals surface area contributed by atoms with Gasteiger partial charge in [-0.05, 0) is 24.3 Å². The number of benzene rings is 2. The van der Waals surface area contributed by atoms with E-state index >= 15 is 0 Å². The molecule has 0 unspecified atom stereocenters. The molecular weight excluding hydrogens is 335 g/mol. The maximum absolute atomic E-state index is 13.6. The Balaban J connectivity index is 1.76. The Bertz CT molecular complexity index is 1050. The predicted molar refractivity (Wildman–Crippen MR) is 85.4 cm³/mol. The molecule has 0 fully saturated rings. The van der Waals surface area contributed by atoms with Crippen molar-refractivity contribution in [1.82, 2.24) is 19.7 Å². The van der Waals surface area contributed by atoms with E-state index in [0.717, 1.165) is 10.7 Å². The molecular formula is C15H13FN4O3S. The van der Waals surface area contributed by atoms with E-state index < -0.39 is 20.7 Å². The summed E-state index contributed by atoms with van der Waals surface area (Å²) >= 11 is 0. The summed E-state index contributed by atoms with van der Waals surface area (Å²) in [6.07, 6.45) is 0. The lowest BCUT2D eigenvalue weighted by Crippen LogP contribution is -2.33. The summed E-state index contributed by atoms with van der Waals surface area (Å²) < 4.78 is 41.0. The lowest BCUT2D eigenvalue weighted by atomic mass is 10.2. The number of halogens is 1. The van der Waals surface area contributed by atoms with Crippen molar-refractivity contribution in [1.29, 1.82) is 0 Å². The topological polar surface area (TPSA) is 93.9 Å². The van der Waals surface area contributed by atoms with Gasteiger partial charge in [0.2, 0.25) is 10.0 Å². The number of aromatic nitrogens is 3. The van der Waals surface area contributed by atoms with Crippen LogP contribution in [0.25, 0.3) is 10.9 Å². The third-order valence-corrected chi connectivity index (χ3v) is 4.87. The monoisotopic (exact) mass is 348 g/mol. The van der Waals surface area contributed by atoms with Crippen LogP contribution in [0.3, 0.4) is 0 Å². The van der Waals surface area contributed by atoms with Crippen LogP contribution in [0, 0.1) is 5.82 Å². The predicted octanol–water partition coefficient (Wildman–Crippen LogP) is 0.909. The highest BCUT2D eigenvalue weighted by Gasteiger charge is 2.18. The zero-order valence-corrected chi connectivity index (χ0v) is 13.2. The van der Waals surface area contributed by atoms with Crippen molar-refractivity contribution in [2.45, 2.75) is 11.4 Å². The molecule has 0 spiro atoms. The number of nitrogens with one attached hydrogen (secondary N) is 1. The summed E-state index contributed by atoms with van der Waals surface area (Å²) in [5.74, 6) is -0.840. The zero-order valence-electron chi connectivity index (χ0n) is 12.4. The lowest BCUT2D eigenvalue weighted by molar-refractivity contribution is 0.526. The maximum Gasteiger partial charge on any atom is 0.277 e. The first-order valence-corrected chi connectivity index (χ1v) is 8.54. The van der Waals surface area contributed by atoms with Crippen LogP contribution in [0.2, 0.25) is 0 Å². The molecule has 0 amide bonds. The van der Waals surface area contributed by atoms with Crippen molar-refractivity contribution in [3.8, 4) is 0 Å². The number of fused-ring (bicyclic) bond motifs is 1. The fourth-order valence-electron chi connectivity index (χ4n) is 2.20. The molecule has 1 aromatic heterocycles. The van der Waals surface area contributed by atoms with Gasteiger partial charge in [-0.25, -0.2) is 22.2 Å². The minimum Gasteiger partial charge on any atom is -0.267 e. The van der Waals surface area contributed by atoms with Crippen LogP contribution in [0.4, 0.5) is 4.39 Å². The van der Waals surface area contributed by atoms with E-state index in [1.807, 2.05) is 0 Å². The number of hydrogen-bond acceptors (Lipinski definition) is 5. The Morgan fingerprint density at radius 3 is 2.58 bits per heavy atom. The first kappa shape index (κ1) is 16.2. The molecule has 0 aliphatic carbocycles. The molecule has 0 saturated carbocycles. The molecule has 9 heteroatoms. The van der Waals surface area contributed by atoms with Crippen molar-refractivity contribution in [2.24, 2.45) is 0 Å². The van der Waals surface area contributed by atoms with Crippen LogP contribution in [-0.4, -0.2) is 30.0 Å². The standard InChI is InChI=1S/C15H13FN4O3S/c16-12-6-2-4-8-14(12)24(22,23)17-9-10-20-15(21)11-5-1-3-7-13(11)18-19-20/h1-8,17H,9-10H2. The fourth-order valence-corrected chi connectivity index (χ4v) is 3.29. The SMILES string of the molecule is O=c1c2ccccc2nnn1CCNS(=O)(=O)c1ccccc1F. The van der Waals surface area contributed by atoms with E-state index in [1.165, 1.54) is 18.2 Å². The van der Waals surface area contributed by atoms with Crippen molar-refractivity contribution >= 4 is 20.9 Å². The van der Waals surface area contributed by atoms with Crippen LogP contribution in [0.1, 0.15) is 0 Å². The number of rotatable bonds is 5. The Morgan fingerprint density at radius 2 is 1.79 bits per heavy atom. The summed E-state index contributed by atoms with van der Waals surface area (Å²) in [4.78, 5) is 11.8. The largest absolute Gasteiger partial charge is 0.277 e. The van der Waals surface area contributed by atoms with Gasteiger partial charge in [0.05, 0.1) is 11.9 Å². The van der Waals surface area contributed by atoms with Crippen LogP contribution < -0.4 is 10.3 Å². The van der Waals surface area contributed by atoms with E-state index in [4.69, 9.17) is 0 Å². The summed E-state index contributed by atoms with van der Waals surface area (Å²) in [7, 11) is -4.01. The van der Waals surface area contributed by atoms with Gasteiger partial charge in [0.25, 0.3) is 5.56 Å². The second-order valence-corrected chi connectivity index (χ2v) is 6.70. The molecule has 0 aliphatic rings. The zero-order chi connectivity index (χ0) is 17.2. The molecule has 3 aromatic rings. The van der Waals surface area contributed by atoms with Crippen LogP contribution in [-0.2, 0) is 16.6 Å². The molecule has 0 radical (unpaired) electrons. The van der Waals surface area contributed by atoms with Crippen LogP contribution in [0.15, 0.2) is 58.2 Å². The molecule has 24 heavy (non-hydrogen) atoms. The summed E-state index contributed by atoms with van der Waals surface area (Å²) in [5, 5.41) is 8.06. The van der Waals surface area contributed by atoms with Crippen LogP contribution >= 0.6 is 0 Å². The Labute approximate surface area is 136 Å². The summed E-state index contributed by atoms with van der Waals surface area (Å²) in [6.45, 7) is -0.145. The minimum absolute atomic E-state index is 0.0235. The van der Waals surface area contributed by atoms with Crippen molar-refractivity contribution in [3.05, 3.63) is 64.7 Å². The molecule has 1 heterocycles. The molecule has 0 saturated heterocycles. The summed E-state index contributed by atoms with van der Waals surface area (Å²) in [6, 6.07) is 11.8. The molecule has 0 aliphatic heterocycles. The van der Waals surface area contributed by atoms with Gasteiger partial charge in [0.1, 0.15) is 16.2 Å². The molecule has 124 valence electrons. The number of nitrogens with zero attached hydrogens (tertiary/aromatic N) is 3. The Morgan fingerprint density at radius 1 is 1.08 bits per heavy atom. The third-order valence-electron chi connectivity index (χ3n) is 3.37. The van der Waals surface area contributed by atoms with Gasteiger partial charge in [-0.15, -0.1) is 5.10 Å². The van der Waals surface area contributed by atoms with Gasteiger partial charge < -0.3 is 0 Å². The minimum atomic E-state index is -4.01. The van der Waals surface area contributed by atoms with E-state index in [2.05, 4.69) is 15.0 Å². The first-order valence-electron chi connectivity index (χ1n) is 7.06. The Kier molecular flexibility index (Phi) is 4.36. The molecule has 0 bridgehead atoms. The normalized spacial score (nSPS) is 11.7. The highest BCUT2D eigenvalue weighted by molar-refractivity contribution is 7.89. The molecule has 7 nitrogen and oxygen atoms in total. The average molecular weight is 348 g/mol. The third kappa shape index (κ3) is 3.17. The van der Waals surface area contributed by atoms with Crippen molar-refractivity contribution in [2.75, 3.05) is 6.54 Å². The van der Waals surface area contributed by atoms with Gasteiger partial charge in [0, 0.05) is 6.54 Å².